The summed E-state index contributed by atoms with van der Waals surface area (Å²) in [7, 11) is -0.889. The van der Waals surface area contributed by atoms with Gasteiger partial charge in [0.1, 0.15) is 11.5 Å². The number of ether oxygens (including phenoxy) is 1. The zero-order valence-electron chi connectivity index (χ0n) is 11.4. The Hall–Kier alpha value is -1.85. The van der Waals surface area contributed by atoms with E-state index >= 15 is 0 Å². The second-order valence-corrected chi connectivity index (χ2v) is 6.00. The van der Waals surface area contributed by atoms with E-state index in [2.05, 4.69) is 4.18 Å². The highest BCUT2D eigenvalue weighted by atomic mass is 32.2. The molecule has 0 saturated heterocycles. The van der Waals surface area contributed by atoms with Crippen molar-refractivity contribution in [2.45, 2.75) is 5.75 Å². The van der Waals surface area contributed by atoms with Crippen LogP contribution >= 0.6 is 0 Å². The average Bonchev–Trinajstić information content (AvgIpc) is 2.48. The van der Waals surface area contributed by atoms with Crippen molar-refractivity contribution in [3.05, 3.63) is 54.1 Å². The molecular weight excluding hydrogens is 276 g/mol. The van der Waals surface area contributed by atoms with Gasteiger partial charge in [-0.25, -0.2) is 0 Å². The van der Waals surface area contributed by atoms with Crippen LogP contribution < -0.4 is 4.74 Å². The third-order valence-electron chi connectivity index (χ3n) is 2.98. The molecule has 20 heavy (non-hydrogen) atoms. The van der Waals surface area contributed by atoms with Crippen LogP contribution in [0.15, 0.2) is 48.5 Å². The maximum atomic E-state index is 11.5. The minimum Gasteiger partial charge on any atom is -0.496 e. The van der Waals surface area contributed by atoms with Gasteiger partial charge in [0.05, 0.1) is 14.2 Å². The number of hydrogen-bond acceptors (Lipinski definition) is 4. The Morgan fingerprint density at radius 2 is 1.65 bits per heavy atom. The SMILES string of the molecule is COc1cc(-c2ccccc2)ccc1CS(=O)(=O)OC. The molecule has 0 N–H and O–H groups in total. The van der Waals surface area contributed by atoms with E-state index in [1.165, 1.54) is 7.11 Å². The lowest BCUT2D eigenvalue weighted by atomic mass is 10.0. The van der Waals surface area contributed by atoms with Crippen molar-refractivity contribution in [3.63, 3.8) is 0 Å². The molecule has 0 unspecified atom stereocenters. The largest absolute Gasteiger partial charge is 0.496 e. The molecule has 2 aromatic carbocycles. The summed E-state index contributed by atoms with van der Waals surface area (Å²) in [6.45, 7) is 0. The van der Waals surface area contributed by atoms with Gasteiger partial charge in [-0.2, -0.15) is 8.42 Å². The fourth-order valence-corrected chi connectivity index (χ4v) is 2.66. The number of hydrogen-bond donors (Lipinski definition) is 0. The molecule has 0 aliphatic carbocycles. The van der Waals surface area contributed by atoms with Crippen LogP contribution in [0.4, 0.5) is 0 Å². The molecule has 5 heteroatoms. The van der Waals surface area contributed by atoms with E-state index in [0.717, 1.165) is 18.2 Å². The Morgan fingerprint density at radius 3 is 2.25 bits per heavy atom. The fourth-order valence-electron chi connectivity index (χ4n) is 1.92. The van der Waals surface area contributed by atoms with Gasteiger partial charge >= 0.3 is 0 Å². The highest BCUT2D eigenvalue weighted by Gasteiger charge is 2.14. The number of rotatable bonds is 5. The highest BCUT2D eigenvalue weighted by Crippen LogP contribution is 2.28. The molecule has 0 heterocycles. The molecule has 106 valence electrons. The average molecular weight is 292 g/mol. The van der Waals surface area contributed by atoms with Gasteiger partial charge in [-0.3, -0.25) is 4.18 Å². The van der Waals surface area contributed by atoms with Gasteiger partial charge in [0.15, 0.2) is 0 Å². The molecule has 2 rings (SSSR count). The topological polar surface area (TPSA) is 52.6 Å². The molecule has 0 fully saturated rings. The van der Waals surface area contributed by atoms with Crippen LogP contribution in [0.1, 0.15) is 5.56 Å². The lowest BCUT2D eigenvalue weighted by molar-refractivity contribution is 0.392. The zero-order chi connectivity index (χ0) is 14.6. The normalized spacial score (nSPS) is 11.3. The molecule has 0 aliphatic heterocycles. The monoisotopic (exact) mass is 292 g/mol. The summed E-state index contributed by atoms with van der Waals surface area (Å²) in [4.78, 5) is 0. The Kier molecular flexibility index (Phi) is 4.42. The summed E-state index contributed by atoms with van der Waals surface area (Å²) in [6.07, 6.45) is 0. The maximum Gasteiger partial charge on any atom is 0.271 e. The Balaban J connectivity index is 2.39. The first-order valence-electron chi connectivity index (χ1n) is 6.06. The molecule has 4 nitrogen and oxygen atoms in total. The third kappa shape index (κ3) is 3.37. The van der Waals surface area contributed by atoms with Crippen molar-refractivity contribution in [2.75, 3.05) is 14.2 Å². The predicted molar refractivity (Wildman–Crippen MR) is 78.1 cm³/mol. The lowest BCUT2D eigenvalue weighted by Crippen LogP contribution is -2.07. The fraction of sp³-hybridized carbons (Fsp3) is 0.200. The molecular formula is C15H16O4S. The lowest BCUT2D eigenvalue weighted by Gasteiger charge is -2.10. The molecule has 0 aromatic heterocycles. The Bertz CT molecular complexity index is 678. The molecule has 0 spiro atoms. The van der Waals surface area contributed by atoms with E-state index in [4.69, 9.17) is 4.74 Å². The Morgan fingerprint density at radius 1 is 0.950 bits per heavy atom. The van der Waals surface area contributed by atoms with Gasteiger partial charge in [-0.05, 0) is 17.2 Å². The summed E-state index contributed by atoms with van der Waals surface area (Å²) in [5, 5.41) is 0. The van der Waals surface area contributed by atoms with E-state index in [9.17, 15) is 8.42 Å². The summed E-state index contributed by atoms with van der Waals surface area (Å²) in [6, 6.07) is 15.3. The number of benzene rings is 2. The summed E-state index contributed by atoms with van der Waals surface area (Å²) < 4.78 is 32.8. The van der Waals surface area contributed by atoms with E-state index in [-0.39, 0.29) is 5.75 Å². The predicted octanol–water partition coefficient (Wildman–Crippen LogP) is 2.84. The Labute approximate surface area is 119 Å². The third-order valence-corrected chi connectivity index (χ3v) is 4.15. The van der Waals surface area contributed by atoms with Crippen molar-refractivity contribution < 1.29 is 17.3 Å². The molecule has 0 saturated carbocycles. The van der Waals surface area contributed by atoms with Gasteiger partial charge in [0.2, 0.25) is 0 Å². The number of methoxy groups -OCH3 is 1. The van der Waals surface area contributed by atoms with Crippen molar-refractivity contribution in [2.24, 2.45) is 0 Å². The van der Waals surface area contributed by atoms with Crippen LogP contribution in [0.25, 0.3) is 11.1 Å². The first kappa shape index (κ1) is 14.6. The molecule has 0 radical (unpaired) electrons. The highest BCUT2D eigenvalue weighted by molar-refractivity contribution is 7.85. The van der Waals surface area contributed by atoms with Gasteiger partial charge < -0.3 is 4.74 Å². The van der Waals surface area contributed by atoms with Crippen LogP contribution in [0.5, 0.6) is 5.75 Å². The van der Waals surface area contributed by atoms with E-state index < -0.39 is 10.1 Å². The zero-order valence-corrected chi connectivity index (χ0v) is 12.2. The van der Waals surface area contributed by atoms with Crippen molar-refractivity contribution >= 4 is 10.1 Å². The second-order valence-electron chi connectivity index (χ2n) is 4.26. The standard InChI is InChI=1S/C15H16O4S/c1-18-15-10-13(12-6-4-3-5-7-12)8-9-14(15)11-20(16,17)19-2/h3-10H,11H2,1-2H3. The van der Waals surface area contributed by atoms with Gasteiger partial charge in [-0.15, -0.1) is 0 Å². The van der Waals surface area contributed by atoms with Crippen molar-refractivity contribution in [1.82, 2.24) is 0 Å². The molecule has 0 amide bonds. The summed E-state index contributed by atoms with van der Waals surface area (Å²) in [5.41, 5.74) is 2.60. The second kappa shape index (κ2) is 6.07. The molecule has 0 aliphatic rings. The van der Waals surface area contributed by atoms with Gasteiger partial charge in [0, 0.05) is 5.56 Å². The minimum absolute atomic E-state index is 0.207. The van der Waals surface area contributed by atoms with Crippen LogP contribution in [0, 0.1) is 0 Å². The van der Waals surface area contributed by atoms with Gasteiger partial charge in [-0.1, -0.05) is 42.5 Å². The maximum absolute atomic E-state index is 11.5. The molecule has 0 bridgehead atoms. The van der Waals surface area contributed by atoms with Crippen LogP contribution in [-0.4, -0.2) is 22.6 Å². The molecule has 0 atom stereocenters. The van der Waals surface area contributed by atoms with Crippen molar-refractivity contribution in [1.29, 1.82) is 0 Å². The van der Waals surface area contributed by atoms with Crippen LogP contribution in [0.2, 0.25) is 0 Å². The first-order chi connectivity index (χ1) is 9.55. The minimum atomic E-state index is -3.56. The van der Waals surface area contributed by atoms with Crippen LogP contribution in [0.3, 0.4) is 0 Å². The quantitative estimate of drug-likeness (QED) is 0.795. The van der Waals surface area contributed by atoms with Gasteiger partial charge in [0.25, 0.3) is 10.1 Å². The molecule has 2 aromatic rings. The van der Waals surface area contributed by atoms with E-state index in [1.807, 2.05) is 42.5 Å². The van der Waals surface area contributed by atoms with Crippen molar-refractivity contribution in [3.8, 4) is 16.9 Å². The summed E-state index contributed by atoms with van der Waals surface area (Å²) >= 11 is 0. The van der Waals surface area contributed by atoms with E-state index in [1.54, 1.807) is 6.07 Å². The summed E-state index contributed by atoms with van der Waals surface area (Å²) in [5.74, 6) is 0.328. The van der Waals surface area contributed by atoms with Crippen LogP contribution in [-0.2, 0) is 20.1 Å². The van der Waals surface area contributed by atoms with E-state index in [0.29, 0.717) is 11.3 Å². The smallest absolute Gasteiger partial charge is 0.271 e. The first-order valence-corrected chi connectivity index (χ1v) is 7.64.